The molecular formula is C19H18F2N2O. The van der Waals surface area contributed by atoms with E-state index < -0.39 is 11.6 Å². The highest BCUT2D eigenvalue weighted by atomic mass is 19.2. The van der Waals surface area contributed by atoms with Crippen LogP contribution in [0.5, 0.6) is 0 Å². The summed E-state index contributed by atoms with van der Waals surface area (Å²) in [6, 6.07) is 9.87. The molecule has 1 aliphatic heterocycles. The molecule has 0 radical (unpaired) electrons. The Morgan fingerprint density at radius 1 is 1.08 bits per heavy atom. The number of halogens is 2. The molecule has 1 heterocycles. The molecule has 3 nitrogen and oxygen atoms in total. The van der Waals surface area contributed by atoms with E-state index in [0.717, 1.165) is 31.3 Å². The zero-order chi connectivity index (χ0) is 16.7. The third kappa shape index (κ3) is 2.91. The van der Waals surface area contributed by atoms with Gasteiger partial charge < -0.3 is 10.6 Å². The molecule has 4 rings (SSSR count). The Morgan fingerprint density at radius 2 is 1.96 bits per heavy atom. The van der Waals surface area contributed by atoms with Crippen LogP contribution in [0.2, 0.25) is 0 Å². The lowest BCUT2D eigenvalue weighted by Crippen LogP contribution is -2.24. The van der Waals surface area contributed by atoms with Gasteiger partial charge in [0.2, 0.25) is 5.91 Å². The predicted molar refractivity (Wildman–Crippen MR) is 87.7 cm³/mol. The van der Waals surface area contributed by atoms with E-state index in [9.17, 15) is 13.6 Å². The summed E-state index contributed by atoms with van der Waals surface area (Å²) < 4.78 is 26.3. The van der Waals surface area contributed by atoms with E-state index >= 15 is 0 Å². The SMILES string of the molecule is O=C(Nc1ccc2c(c1)CNCC2)[C@@H]1C[C@@H]1c1ccc(F)c(F)c1. The lowest BCUT2D eigenvalue weighted by atomic mass is 10.0. The zero-order valence-electron chi connectivity index (χ0n) is 13.1. The second-order valence-corrected chi connectivity index (χ2v) is 6.52. The van der Waals surface area contributed by atoms with E-state index in [-0.39, 0.29) is 17.7 Å². The first-order valence-corrected chi connectivity index (χ1v) is 8.20. The summed E-state index contributed by atoms with van der Waals surface area (Å²) in [7, 11) is 0. The maximum absolute atomic E-state index is 13.3. The van der Waals surface area contributed by atoms with Gasteiger partial charge in [-0.2, -0.15) is 0 Å². The van der Waals surface area contributed by atoms with Crippen molar-refractivity contribution in [3.8, 4) is 0 Å². The average molecular weight is 328 g/mol. The second-order valence-electron chi connectivity index (χ2n) is 6.52. The first-order valence-electron chi connectivity index (χ1n) is 8.20. The average Bonchev–Trinajstić information content (AvgIpc) is 3.38. The molecule has 2 aromatic carbocycles. The Labute approximate surface area is 139 Å². The minimum Gasteiger partial charge on any atom is -0.326 e. The summed E-state index contributed by atoms with van der Waals surface area (Å²) >= 11 is 0. The van der Waals surface area contributed by atoms with E-state index in [1.807, 2.05) is 12.1 Å². The number of carbonyl (C=O) groups is 1. The molecule has 2 aliphatic rings. The van der Waals surface area contributed by atoms with Crippen molar-refractivity contribution in [2.75, 3.05) is 11.9 Å². The quantitative estimate of drug-likeness (QED) is 0.907. The number of anilines is 1. The Balaban J connectivity index is 1.43. The largest absolute Gasteiger partial charge is 0.326 e. The Bertz CT molecular complexity index is 806. The molecule has 0 spiro atoms. The van der Waals surface area contributed by atoms with Crippen molar-refractivity contribution in [2.45, 2.75) is 25.3 Å². The van der Waals surface area contributed by atoms with Crippen LogP contribution in [0.3, 0.4) is 0 Å². The number of nitrogens with one attached hydrogen (secondary N) is 2. The van der Waals surface area contributed by atoms with Gasteiger partial charge in [0, 0.05) is 18.2 Å². The number of carbonyl (C=O) groups excluding carboxylic acids is 1. The normalized spacial score (nSPS) is 21.9. The third-order valence-electron chi connectivity index (χ3n) is 4.86. The highest BCUT2D eigenvalue weighted by Gasteiger charge is 2.44. The molecule has 2 N–H and O–H groups in total. The fourth-order valence-corrected chi connectivity index (χ4v) is 3.39. The standard InChI is InChI=1S/C19H18F2N2O/c20-17-4-2-12(8-18(17)21)15-9-16(15)19(24)23-14-3-1-11-5-6-22-10-13(11)7-14/h1-4,7-8,15-16,22H,5-6,9-10H2,(H,23,24)/t15-,16-/m1/s1. The van der Waals surface area contributed by atoms with Crippen molar-refractivity contribution in [3.05, 3.63) is 64.7 Å². The highest BCUT2D eigenvalue weighted by molar-refractivity contribution is 5.95. The van der Waals surface area contributed by atoms with Crippen LogP contribution in [-0.4, -0.2) is 12.5 Å². The van der Waals surface area contributed by atoms with Gasteiger partial charge in [-0.25, -0.2) is 8.78 Å². The molecule has 0 unspecified atom stereocenters. The first kappa shape index (κ1) is 15.3. The molecule has 5 heteroatoms. The topological polar surface area (TPSA) is 41.1 Å². The summed E-state index contributed by atoms with van der Waals surface area (Å²) in [5.41, 5.74) is 4.01. The van der Waals surface area contributed by atoms with Gasteiger partial charge in [0.15, 0.2) is 11.6 Å². The molecule has 0 bridgehead atoms. The van der Waals surface area contributed by atoms with Crippen molar-refractivity contribution in [3.63, 3.8) is 0 Å². The number of hydrogen-bond donors (Lipinski definition) is 2. The number of rotatable bonds is 3. The summed E-state index contributed by atoms with van der Waals surface area (Å²) in [5, 5.41) is 6.26. The highest BCUT2D eigenvalue weighted by Crippen LogP contribution is 2.48. The summed E-state index contributed by atoms with van der Waals surface area (Å²) in [4.78, 5) is 12.4. The summed E-state index contributed by atoms with van der Waals surface area (Å²) in [5.74, 6) is -1.99. The zero-order valence-corrected chi connectivity index (χ0v) is 13.1. The molecule has 1 aliphatic carbocycles. The van der Waals surface area contributed by atoms with E-state index in [1.165, 1.54) is 17.2 Å². The molecule has 2 atom stereocenters. The minimum absolute atomic E-state index is 0.0283. The van der Waals surface area contributed by atoms with Gasteiger partial charge >= 0.3 is 0 Å². The van der Waals surface area contributed by atoms with E-state index in [0.29, 0.717) is 12.0 Å². The Hall–Kier alpha value is -2.27. The van der Waals surface area contributed by atoms with Crippen LogP contribution in [0.4, 0.5) is 14.5 Å². The van der Waals surface area contributed by atoms with E-state index in [2.05, 4.69) is 16.7 Å². The van der Waals surface area contributed by atoms with Gasteiger partial charge in [-0.05, 0) is 66.3 Å². The van der Waals surface area contributed by atoms with Gasteiger partial charge in [-0.1, -0.05) is 12.1 Å². The van der Waals surface area contributed by atoms with Crippen LogP contribution in [0.1, 0.15) is 29.0 Å². The summed E-state index contributed by atoms with van der Waals surface area (Å²) in [6.07, 6.45) is 1.67. The minimum atomic E-state index is -0.860. The molecule has 0 saturated heterocycles. The molecule has 124 valence electrons. The van der Waals surface area contributed by atoms with Crippen LogP contribution in [0.15, 0.2) is 36.4 Å². The molecule has 2 aromatic rings. The predicted octanol–water partition coefficient (Wildman–Crippen LogP) is 3.35. The van der Waals surface area contributed by atoms with Gasteiger partial charge in [0.1, 0.15) is 0 Å². The number of fused-ring (bicyclic) bond motifs is 1. The molecule has 24 heavy (non-hydrogen) atoms. The van der Waals surface area contributed by atoms with Crippen molar-refractivity contribution >= 4 is 11.6 Å². The van der Waals surface area contributed by atoms with Crippen LogP contribution in [0, 0.1) is 17.6 Å². The number of amides is 1. The monoisotopic (exact) mass is 328 g/mol. The van der Waals surface area contributed by atoms with Gasteiger partial charge in [-0.3, -0.25) is 4.79 Å². The molecule has 0 aromatic heterocycles. The molecule has 1 fully saturated rings. The molecule has 1 saturated carbocycles. The van der Waals surface area contributed by atoms with Gasteiger partial charge in [0.25, 0.3) is 0 Å². The smallest absolute Gasteiger partial charge is 0.228 e. The van der Waals surface area contributed by atoms with Crippen LogP contribution >= 0.6 is 0 Å². The van der Waals surface area contributed by atoms with Crippen LogP contribution in [0.25, 0.3) is 0 Å². The lowest BCUT2D eigenvalue weighted by Gasteiger charge is -2.18. The number of benzene rings is 2. The lowest BCUT2D eigenvalue weighted by molar-refractivity contribution is -0.117. The van der Waals surface area contributed by atoms with Gasteiger partial charge in [-0.15, -0.1) is 0 Å². The summed E-state index contributed by atoms with van der Waals surface area (Å²) in [6.45, 7) is 1.80. The second kappa shape index (κ2) is 5.98. The van der Waals surface area contributed by atoms with Gasteiger partial charge in [0.05, 0.1) is 0 Å². The maximum Gasteiger partial charge on any atom is 0.228 e. The van der Waals surface area contributed by atoms with Crippen molar-refractivity contribution in [1.82, 2.24) is 5.32 Å². The first-order chi connectivity index (χ1) is 11.6. The Morgan fingerprint density at radius 3 is 2.79 bits per heavy atom. The van der Waals surface area contributed by atoms with Crippen molar-refractivity contribution < 1.29 is 13.6 Å². The Kier molecular flexibility index (Phi) is 3.81. The van der Waals surface area contributed by atoms with E-state index in [1.54, 1.807) is 6.07 Å². The molecular weight excluding hydrogens is 310 g/mol. The van der Waals surface area contributed by atoms with Crippen molar-refractivity contribution in [2.24, 2.45) is 5.92 Å². The van der Waals surface area contributed by atoms with Crippen LogP contribution < -0.4 is 10.6 Å². The molecule has 1 amide bonds. The van der Waals surface area contributed by atoms with E-state index in [4.69, 9.17) is 0 Å². The van der Waals surface area contributed by atoms with Crippen molar-refractivity contribution in [1.29, 1.82) is 0 Å². The van der Waals surface area contributed by atoms with Crippen LogP contribution in [-0.2, 0) is 17.8 Å². The maximum atomic E-state index is 13.3. The third-order valence-corrected chi connectivity index (χ3v) is 4.86. The fraction of sp³-hybridized carbons (Fsp3) is 0.316. The number of hydrogen-bond acceptors (Lipinski definition) is 2. The fourth-order valence-electron chi connectivity index (χ4n) is 3.39.